The molecule has 29 rings (SSSR count). The van der Waals surface area contributed by atoms with Gasteiger partial charge in [-0.25, -0.2) is 0 Å². The number of hydrogen-bond acceptors (Lipinski definition) is 3. The highest BCUT2D eigenvalue weighted by molar-refractivity contribution is 6.31. The van der Waals surface area contributed by atoms with Crippen molar-refractivity contribution >= 4 is 163 Å². The maximum Gasteiger partial charge on any atom is 0.143 e. The van der Waals surface area contributed by atoms with Crippen molar-refractivity contribution in [3.05, 3.63) is 522 Å². The van der Waals surface area contributed by atoms with Gasteiger partial charge in [0.25, 0.3) is 0 Å². The lowest BCUT2D eigenvalue weighted by atomic mass is 9.85. The van der Waals surface area contributed by atoms with Gasteiger partial charge in [-0.1, -0.05) is 491 Å². The van der Waals surface area contributed by atoms with Crippen LogP contribution >= 0.6 is 0 Å². The van der Waals surface area contributed by atoms with Gasteiger partial charge in [0.15, 0.2) is 0 Å². The molecule has 0 saturated heterocycles. The molecule has 141 heavy (non-hydrogen) atoms. The summed E-state index contributed by atoms with van der Waals surface area (Å²) in [4.78, 5) is 0. The Bertz CT molecular complexity index is 9870. The fraction of sp³-hybridized carbons (Fsp3) is 0. The molecule has 0 aliphatic carbocycles. The molecule has 0 radical (unpaired) electrons. The van der Waals surface area contributed by atoms with Crippen LogP contribution in [0.3, 0.4) is 0 Å². The van der Waals surface area contributed by atoms with E-state index >= 15 is 0 Å². The zero-order valence-corrected chi connectivity index (χ0v) is 76.9. The summed E-state index contributed by atoms with van der Waals surface area (Å²) in [5.74, 6) is 0. The minimum absolute atomic E-state index is 0.889. The van der Waals surface area contributed by atoms with Gasteiger partial charge < -0.3 is 13.3 Å². The van der Waals surface area contributed by atoms with Gasteiger partial charge in [0, 0.05) is 49.0 Å². The molecule has 0 saturated carbocycles. The summed E-state index contributed by atoms with van der Waals surface area (Å²) in [6.07, 6.45) is 0. The highest BCUT2D eigenvalue weighted by atomic mass is 16.3. The minimum Gasteiger partial charge on any atom is -0.455 e. The molecule has 3 nitrogen and oxygen atoms in total. The predicted molar refractivity (Wildman–Crippen MR) is 599 cm³/mol. The summed E-state index contributed by atoms with van der Waals surface area (Å²) in [7, 11) is 0. The third kappa shape index (κ3) is 13.9. The SMILES string of the molecule is c1ccc(-c2c3ccccc3c(-c3cccc4oc5c(-c6ccc7c(ccc8ccccc87)c6)cccc5c34)c3ccccc23)cc1.c1ccc(-c2c3ccccc3c(-c3cccc4oc5c(-c6ccc7ccccc7c6)cccc5c34)c3ccccc23)cc1.c1ccc(-c2ccc(-c3ccccc3-c3cccc4c3oc3cccc(-c5c6ccccc6c(-c6ccccc6)c6ccccc56)c34)cc2)cc1. The summed E-state index contributed by atoms with van der Waals surface area (Å²) < 4.78 is 20.4. The molecule has 0 spiro atoms. The third-order valence-corrected chi connectivity index (χ3v) is 29.0. The second kappa shape index (κ2) is 34.4. The normalized spacial score (nSPS) is 11.7. The Morgan fingerprint density at radius 1 is 0.106 bits per heavy atom. The zero-order valence-electron chi connectivity index (χ0n) is 76.9. The first-order chi connectivity index (χ1) is 70.0. The highest BCUT2D eigenvalue weighted by Crippen LogP contribution is 2.54. The smallest absolute Gasteiger partial charge is 0.143 e. The summed E-state index contributed by atoms with van der Waals surface area (Å²) in [5.41, 5.74) is 31.8. The lowest BCUT2D eigenvalue weighted by molar-refractivity contribution is 0.669. The number of rotatable bonds is 11. The largest absolute Gasteiger partial charge is 0.455 e. The Kier molecular flexibility index (Phi) is 20.0. The second-order valence-corrected chi connectivity index (χ2v) is 36.8. The number of para-hydroxylation sites is 3. The highest BCUT2D eigenvalue weighted by Gasteiger charge is 2.28. The number of benzene rings is 26. The Hall–Kier alpha value is -18.5. The van der Waals surface area contributed by atoms with E-state index in [-0.39, 0.29) is 0 Å². The van der Waals surface area contributed by atoms with Crippen molar-refractivity contribution in [2.45, 2.75) is 0 Å². The molecular weight excluding hydrogens is 1710 g/mol. The lowest BCUT2D eigenvalue weighted by Crippen LogP contribution is -1.91. The molecule has 3 heterocycles. The molecule has 26 aromatic carbocycles. The van der Waals surface area contributed by atoms with E-state index in [0.29, 0.717) is 0 Å². The molecule has 0 atom stereocenters. The first-order valence-corrected chi connectivity index (χ1v) is 48.5. The van der Waals surface area contributed by atoms with Crippen LogP contribution in [0.15, 0.2) is 535 Å². The minimum atomic E-state index is 0.889. The molecule has 3 heteroatoms. The molecule has 29 aromatic rings. The van der Waals surface area contributed by atoms with E-state index in [0.717, 1.165) is 99.2 Å². The van der Waals surface area contributed by atoms with Crippen LogP contribution in [0.5, 0.6) is 0 Å². The van der Waals surface area contributed by atoms with Gasteiger partial charge in [0.1, 0.15) is 33.5 Å². The molecule has 0 N–H and O–H groups in total. The van der Waals surface area contributed by atoms with Crippen molar-refractivity contribution < 1.29 is 13.3 Å². The lowest BCUT2D eigenvalue weighted by Gasteiger charge is -2.18. The molecule has 3 aromatic heterocycles. The summed E-state index contributed by atoms with van der Waals surface area (Å²) in [5, 5.41) is 29.3. The molecule has 0 aliphatic rings. The van der Waals surface area contributed by atoms with Crippen LogP contribution < -0.4 is 0 Å². The van der Waals surface area contributed by atoms with Gasteiger partial charge >= 0.3 is 0 Å². The topological polar surface area (TPSA) is 39.4 Å². The summed E-state index contributed by atoms with van der Waals surface area (Å²) >= 11 is 0. The van der Waals surface area contributed by atoms with Crippen molar-refractivity contribution in [3.63, 3.8) is 0 Å². The molecular formula is C138H86O3. The fourth-order valence-electron chi connectivity index (χ4n) is 22.8. The molecule has 656 valence electrons. The first kappa shape index (κ1) is 82.0. The van der Waals surface area contributed by atoms with Crippen LogP contribution in [0.4, 0.5) is 0 Å². The average Bonchev–Trinajstić information content (AvgIpc) is 1.70. The van der Waals surface area contributed by atoms with E-state index in [9.17, 15) is 0 Å². The average molecular weight is 1790 g/mol. The first-order valence-electron chi connectivity index (χ1n) is 48.5. The van der Waals surface area contributed by atoms with Crippen molar-refractivity contribution in [1.82, 2.24) is 0 Å². The van der Waals surface area contributed by atoms with Crippen molar-refractivity contribution in [3.8, 4) is 122 Å². The van der Waals surface area contributed by atoms with E-state index in [4.69, 9.17) is 13.3 Å². The predicted octanol–water partition coefficient (Wildman–Crippen LogP) is 39.5. The van der Waals surface area contributed by atoms with Crippen LogP contribution in [0.2, 0.25) is 0 Å². The molecule has 0 bridgehead atoms. The van der Waals surface area contributed by atoms with E-state index in [1.165, 1.54) is 186 Å². The van der Waals surface area contributed by atoms with Crippen LogP contribution in [0.25, 0.3) is 285 Å². The van der Waals surface area contributed by atoms with E-state index < -0.39 is 0 Å². The maximum absolute atomic E-state index is 6.89. The van der Waals surface area contributed by atoms with Crippen LogP contribution in [-0.4, -0.2) is 0 Å². The number of furan rings is 3. The summed E-state index contributed by atoms with van der Waals surface area (Å²) in [6.45, 7) is 0. The van der Waals surface area contributed by atoms with Crippen LogP contribution in [0, 0.1) is 0 Å². The quantitative estimate of drug-likeness (QED) is 0.0957. The Morgan fingerprint density at radius 2 is 0.348 bits per heavy atom. The van der Waals surface area contributed by atoms with Crippen LogP contribution in [0.1, 0.15) is 0 Å². The Balaban J connectivity index is 0.000000106. The Morgan fingerprint density at radius 3 is 0.752 bits per heavy atom. The number of hydrogen-bond donors (Lipinski definition) is 0. The van der Waals surface area contributed by atoms with Gasteiger partial charge in [0.05, 0.1) is 0 Å². The third-order valence-electron chi connectivity index (χ3n) is 29.0. The summed E-state index contributed by atoms with van der Waals surface area (Å²) in [6, 6.07) is 188. The fourth-order valence-corrected chi connectivity index (χ4v) is 22.8. The van der Waals surface area contributed by atoms with E-state index in [1.807, 2.05) is 0 Å². The molecule has 0 amide bonds. The van der Waals surface area contributed by atoms with Gasteiger partial charge in [0.2, 0.25) is 0 Å². The zero-order chi connectivity index (χ0) is 93.0. The van der Waals surface area contributed by atoms with Gasteiger partial charge in [-0.2, -0.15) is 0 Å². The van der Waals surface area contributed by atoms with Crippen molar-refractivity contribution in [2.75, 3.05) is 0 Å². The molecule has 0 aliphatic heterocycles. The van der Waals surface area contributed by atoms with Crippen LogP contribution in [-0.2, 0) is 0 Å². The second-order valence-electron chi connectivity index (χ2n) is 36.8. The van der Waals surface area contributed by atoms with E-state index in [1.54, 1.807) is 0 Å². The maximum atomic E-state index is 6.89. The van der Waals surface area contributed by atoms with Gasteiger partial charge in [-0.05, 0) is 233 Å². The molecule has 0 unspecified atom stereocenters. The Labute approximate surface area is 814 Å². The monoisotopic (exact) mass is 1790 g/mol. The standard InChI is InChI=1S/C50H32O.C46H28O.C42H26O/c1-3-15-33(16-4-1)34-29-31-35(32-30-34)37-19-7-8-20-38(37)43-25-13-27-45-49-44(26-14-28-46(49)51-50(43)45)48-41-23-11-9-21-39(41)47(36-17-5-2-6-18-36)40-22-10-12-24-42(40)48;1-2-13-30(14-3-1)43-36-16-6-8-18-38(36)44(39-19-9-7-17-37(39)43)40-21-11-23-42-45(40)41-22-10-20-35(46(41)47-42)32-26-27-34-31(28-32)25-24-29-12-4-5-15-33(29)34;1-2-13-28(14-3-1)39-32-16-6-8-18-34(32)40(35-19-9-7-17-33(35)39)36-21-11-23-38-41(36)37-22-10-20-31(42(37)43-38)30-25-24-27-12-4-5-15-29(27)26-30/h1-32H;1-28H;1-26H. The van der Waals surface area contributed by atoms with Gasteiger partial charge in [-0.15, -0.1) is 0 Å². The van der Waals surface area contributed by atoms with Gasteiger partial charge in [-0.3, -0.25) is 0 Å². The van der Waals surface area contributed by atoms with Crippen molar-refractivity contribution in [2.24, 2.45) is 0 Å². The van der Waals surface area contributed by atoms with Crippen molar-refractivity contribution in [1.29, 1.82) is 0 Å². The van der Waals surface area contributed by atoms with E-state index in [2.05, 4.69) is 522 Å². The molecule has 0 fully saturated rings. The number of fused-ring (bicyclic) bond motifs is 19.